The molecule has 0 aromatic rings. The number of carbonyl (C=O) groups is 1. The van der Waals surface area contributed by atoms with Crippen LogP contribution in [0.1, 0.15) is 41.5 Å². The third-order valence-corrected chi connectivity index (χ3v) is 3.24. The lowest BCUT2D eigenvalue weighted by Crippen LogP contribution is -2.48. The van der Waals surface area contributed by atoms with E-state index in [9.17, 15) is 9.90 Å². The van der Waals surface area contributed by atoms with Crippen molar-refractivity contribution in [2.45, 2.75) is 59.2 Å². The van der Waals surface area contributed by atoms with Gasteiger partial charge in [0.05, 0.1) is 24.2 Å². The summed E-state index contributed by atoms with van der Waals surface area (Å²) in [6, 6.07) is 0.281. The van der Waals surface area contributed by atoms with E-state index in [2.05, 4.69) is 33.0 Å². The van der Waals surface area contributed by atoms with E-state index >= 15 is 0 Å². The number of hydrogen-bond acceptors (Lipinski definition) is 2. The second-order valence-corrected chi connectivity index (χ2v) is 6.39. The molecule has 4 heteroatoms. The van der Waals surface area contributed by atoms with Crippen LogP contribution < -0.4 is 5.32 Å². The minimum atomic E-state index is -0.851. The molecule has 1 aliphatic rings. The van der Waals surface area contributed by atoms with Crippen LogP contribution in [-0.2, 0) is 0 Å². The van der Waals surface area contributed by atoms with Crippen LogP contribution in [0, 0.1) is 11.8 Å². The maximum Gasteiger partial charge on any atom is 0.318 e. The number of carbonyl (C=O) groups excluding carboxylic acids is 1. The van der Waals surface area contributed by atoms with Gasteiger partial charge in [-0.25, -0.2) is 4.79 Å². The van der Waals surface area contributed by atoms with Crippen LogP contribution in [0.2, 0.25) is 0 Å². The Hall–Kier alpha value is -0.770. The molecule has 1 aliphatic heterocycles. The van der Waals surface area contributed by atoms with Gasteiger partial charge in [-0.15, -0.1) is 0 Å². The Kier molecular flexibility index (Phi) is 4.07. The predicted octanol–water partition coefficient (Wildman–Crippen LogP) is 1.83. The zero-order valence-electron chi connectivity index (χ0n) is 11.8. The van der Waals surface area contributed by atoms with Crippen molar-refractivity contribution in [2.75, 3.05) is 6.54 Å². The van der Waals surface area contributed by atoms with Crippen molar-refractivity contribution in [1.29, 1.82) is 0 Å². The summed E-state index contributed by atoms with van der Waals surface area (Å²) in [5.41, 5.74) is -0.851. The molecule has 0 aliphatic carbocycles. The van der Waals surface area contributed by atoms with Gasteiger partial charge in [0.2, 0.25) is 0 Å². The first-order valence-corrected chi connectivity index (χ1v) is 6.43. The number of β-amino-alcohol motifs (C(OH)–C–C–N with tert-alkyl or cyclic N) is 1. The van der Waals surface area contributed by atoms with Gasteiger partial charge in [0.1, 0.15) is 0 Å². The summed E-state index contributed by atoms with van der Waals surface area (Å²) in [5.74, 6) is 0.779. The predicted molar refractivity (Wildman–Crippen MR) is 68.8 cm³/mol. The normalized spacial score (nSPS) is 25.9. The average molecular weight is 242 g/mol. The first-order chi connectivity index (χ1) is 7.63. The summed E-state index contributed by atoms with van der Waals surface area (Å²) in [6.07, 6.45) is 0. The second-order valence-electron chi connectivity index (χ2n) is 6.39. The van der Waals surface area contributed by atoms with Gasteiger partial charge in [-0.2, -0.15) is 0 Å². The van der Waals surface area contributed by atoms with E-state index < -0.39 is 5.60 Å². The molecule has 0 aromatic heterocycles. The maximum atomic E-state index is 12.0. The van der Waals surface area contributed by atoms with E-state index in [0.717, 1.165) is 0 Å². The summed E-state index contributed by atoms with van der Waals surface area (Å²) in [6.45, 7) is 12.3. The molecule has 0 saturated carbocycles. The Labute approximate surface area is 104 Å². The van der Waals surface area contributed by atoms with Crippen LogP contribution >= 0.6 is 0 Å². The quantitative estimate of drug-likeness (QED) is 0.790. The van der Waals surface area contributed by atoms with Crippen molar-refractivity contribution in [3.63, 3.8) is 0 Å². The van der Waals surface area contributed by atoms with Crippen molar-refractivity contribution in [1.82, 2.24) is 10.2 Å². The van der Waals surface area contributed by atoms with Crippen molar-refractivity contribution in [2.24, 2.45) is 11.8 Å². The minimum absolute atomic E-state index is 0.0514. The van der Waals surface area contributed by atoms with Gasteiger partial charge in [-0.05, 0) is 25.7 Å². The van der Waals surface area contributed by atoms with Crippen molar-refractivity contribution >= 4 is 6.03 Å². The fourth-order valence-electron chi connectivity index (χ4n) is 2.57. The average Bonchev–Trinajstić information content (AvgIpc) is 2.41. The number of nitrogens with one attached hydrogen (secondary N) is 1. The molecule has 0 aromatic carbocycles. The van der Waals surface area contributed by atoms with Gasteiger partial charge in [0.15, 0.2) is 0 Å². The molecule has 1 heterocycles. The van der Waals surface area contributed by atoms with Crippen molar-refractivity contribution in [3.05, 3.63) is 0 Å². The summed E-state index contributed by atoms with van der Waals surface area (Å²) in [7, 11) is 0. The number of urea groups is 1. The van der Waals surface area contributed by atoms with E-state index in [0.29, 0.717) is 18.4 Å². The molecule has 1 fully saturated rings. The lowest BCUT2D eigenvalue weighted by Gasteiger charge is -2.34. The standard InChI is InChI=1S/C13H26N2O2/c1-8(2)10-11(9(3)4)15(12(16)14-10)7-13(5,6)17/h8-11,17H,7H2,1-6H3,(H,14,16)/t10-,11?/m0/s1. The smallest absolute Gasteiger partial charge is 0.318 e. The molecule has 0 bridgehead atoms. The monoisotopic (exact) mass is 242 g/mol. The van der Waals surface area contributed by atoms with Crippen LogP contribution in [0.25, 0.3) is 0 Å². The molecule has 1 unspecified atom stereocenters. The highest BCUT2D eigenvalue weighted by molar-refractivity contribution is 5.78. The fourth-order valence-corrected chi connectivity index (χ4v) is 2.57. The molecule has 0 radical (unpaired) electrons. The second kappa shape index (κ2) is 4.84. The van der Waals surface area contributed by atoms with E-state index in [-0.39, 0.29) is 18.1 Å². The molecule has 2 atom stereocenters. The van der Waals surface area contributed by atoms with Gasteiger partial charge in [0, 0.05) is 0 Å². The molecule has 100 valence electrons. The summed E-state index contributed by atoms with van der Waals surface area (Å²) < 4.78 is 0. The van der Waals surface area contributed by atoms with E-state index in [1.807, 2.05) is 0 Å². The SMILES string of the molecule is CC(C)C1[C@H](C(C)C)NC(=O)N1CC(C)(C)O. The van der Waals surface area contributed by atoms with Gasteiger partial charge < -0.3 is 15.3 Å². The third kappa shape index (κ3) is 3.35. The zero-order chi connectivity index (χ0) is 13.4. The Morgan fingerprint density at radius 3 is 2.18 bits per heavy atom. The molecule has 1 saturated heterocycles. The van der Waals surface area contributed by atoms with Crippen molar-refractivity contribution < 1.29 is 9.90 Å². The lowest BCUT2D eigenvalue weighted by atomic mass is 9.89. The largest absolute Gasteiger partial charge is 0.389 e. The van der Waals surface area contributed by atoms with Crippen LogP contribution in [0.15, 0.2) is 0 Å². The summed E-state index contributed by atoms with van der Waals surface area (Å²) in [5, 5.41) is 12.9. The van der Waals surface area contributed by atoms with E-state index in [4.69, 9.17) is 0 Å². The van der Waals surface area contributed by atoms with Crippen LogP contribution in [0.5, 0.6) is 0 Å². The third-order valence-electron chi connectivity index (χ3n) is 3.24. The summed E-state index contributed by atoms with van der Waals surface area (Å²) in [4.78, 5) is 13.8. The van der Waals surface area contributed by atoms with Gasteiger partial charge in [0.25, 0.3) is 0 Å². The Morgan fingerprint density at radius 2 is 1.82 bits per heavy atom. The Balaban J connectivity index is 2.91. The lowest BCUT2D eigenvalue weighted by molar-refractivity contribution is 0.0340. The molecule has 17 heavy (non-hydrogen) atoms. The number of aliphatic hydroxyl groups is 1. The zero-order valence-corrected chi connectivity index (χ0v) is 11.8. The molecule has 2 amide bonds. The molecule has 4 nitrogen and oxygen atoms in total. The first-order valence-electron chi connectivity index (χ1n) is 6.43. The Bertz CT molecular complexity index is 282. The van der Waals surface area contributed by atoms with E-state index in [1.165, 1.54) is 0 Å². The number of rotatable bonds is 4. The van der Waals surface area contributed by atoms with Crippen molar-refractivity contribution in [3.8, 4) is 0 Å². The topological polar surface area (TPSA) is 52.6 Å². The number of nitrogens with zero attached hydrogens (tertiary/aromatic N) is 1. The van der Waals surface area contributed by atoms with Gasteiger partial charge >= 0.3 is 6.03 Å². The highest BCUT2D eigenvalue weighted by atomic mass is 16.3. The highest BCUT2D eigenvalue weighted by Gasteiger charge is 2.43. The summed E-state index contributed by atoms with van der Waals surface area (Å²) >= 11 is 0. The van der Waals surface area contributed by atoms with Crippen LogP contribution in [0.4, 0.5) is 4.79 Å². The van der Waals surface area contributed by atoms with Crippen LogP contribution in [0.3, 0.4) is 0 Å². The highest BCUT2D eigenvalue weighted by Crippen LogP contribution is 2.27. The van der Waals surface area contributed by atoms with E-state index in [1.54, 1.807) is 18.7 Å². The molecule has 1 rings (SSSR count). The van der Waals surface area contributed by atoms with Gasteiger partial charge in [-0.1, -0.05) is 27.7 Å². The van der Waals surface area contributed by atoms with Gasteiger partial charge in [-0.3, -0.25) is 0 Å². The fraction of sp³-hybridized carbons (Fsp3) is 0.923. The molecule has 2 N–H and O–H groups in total. The maximum absolute atomic E-state index is 12.0. The number of amides is 2. The Morgan fingerprint density at radius 1 is 1.29 bits per heavy atom. The first kappa shape index (κ1) is 14.3. The molecular formula is C13H26N2O2. The van der Waals surface area contributed by atoms with Crippen LogP contribution in [-0.4, -0.2) is 40.3 Å². The molecular weight excluding hydrogens is 216 g/mol. The number of hydrogen-bond donors (Lipinski definition) is 2. The molecule has 0 spiro atoms. The minimum Gasteiger partial charge on any atom is -0.389 e.